The molecular weight excluding hydrogens is 296 g/mol. The second-order valence-corrected chi connectivity index (χ2v) is 7.35. The maximum absolute atomic E-state index is 6.00. The number of likely N-dealkylation sites (N-methyl/N-ethyl adjacent to an activating group) is 1. The molecule has 2 nitrogen and oxygen atoms in total. The van der Waals surface area contributed by atoms with Gasteiger partial charge in [-0.05, 0) is 48.3 Å². The molecule has 2 N–H and O–H groups in total. The van der Waals surface area contributed by atoms with E-state index in [1.807, 2.05) is 11.3 Å². The van der Waals surface area contributed by atoms with Crippen LogP contribution in [0, 0.1) is 5.92 Å². The van der Waals surface area contributed by atoms with E-state index in [9.17, 15) is 0 Å². The fourth-order valence-electron chi connectivity index (χ4n) is 2.20. The molecule has 0 bridgehead atoms. The normalized spacial score (nSPS) is 19.6. The third-order valence-electron chi connectivity index (χ3n) is 3.80. The van der Waals surface area contributed by atoms with E-state index in [2.05, 4.69) is 46.2 Å². The lowest BCUT2D eigenvalue weighted by Crippen LogP contribution is -2.49. The smallest absolute Gasteiger partial charge is 0.0331 e. The van der Waals surface area contributed by atoms with Gasteiger partial charge in [0.15, 0.2) is 0 Å². The molecule has 0 radical (unpaired) electrons. The zero-order valence-corrected chi connectivity index (χ0v) is 13.0. The van der Waals surface area contributed by atoms with Gasteiger partial charge in [-0.1, -0.05) is 12.8 Å². The largest absolute Gasteiger partial charge is 0.329 e. The molecule has 1 aromatic rings. The molecule has 1 atom stereocenters. The molecule has 0 amide bonds. The Balaban J connectivity index is 1.98. The summed E-state index contributed by atoms with van der Waals surface area (Å²) in [5.41, 5.74) is 6.15. The van der Waals surface area contributed by atoms with Crippen molar-refractivity contribution in [2.75, 3.05) is 13.6 Å². The molecule has 1 heterocycles. The van der Waals surface area contributed by atoms with Crippen LogP contribution in [-0.4, -0.2) is 24.0 Å². The van der Waals surface area contributed by atoms with Crippen molar-refractivity contribution in [2.45, 2.75) is 38.3 Å². The Morgan fingerprint density at radius 3 is 2.76 bits per heavy atom. The minimum Gasteiger partial charge on any atom is -0.329 e. The zero-order chi connectivity index (χ0) is 12.5. The minimum atomic E-state index is 0.150. The first-order chi connectivity index (χ1) is 8.03. The van der Waals surface area contributed by atoms with Gasteiger partial charge in [0.05, 0.1) is 0 Å². The van der Waals surface area contributed by atoms with Gasteiger partial charge in [-0.3, -0.25) is 4.90 Å². The van der Waals surface area contributed by atoms with Gasteiger partial charge < -0.3 is 5.73 Å². The second kappa shape index (κ2) is 5.39. The number of nitrogens with two attached hydrogens (primary N) is 1. The Morgan fingerprint density at radius 1 is 1.59 bits per heavy atom. The monoisotopic (exact) mass is 316 g/mol. The quantitative estimate of drug-likeness (QED) is 0.870. The lowest BCUT2D eigenvalue weighted by Gasteiger charge is -2.38. The Labute approximate surface area is 116 Å². The van der Waals surface area contributed by atoms with E-state index in [-0.39, 0.29) is 5.54 Å². The molecule has 17 heavy (non-hydrogen) atoms. The lowest BCUT2D eigenvalue weighted by molar-refractivity contribution is 0.121. The number of thiophene rings is 1. The molecule has 0 saturated heterocycles. The SMILES string of the molecule is CN(Cc1cc(Br)cs1)C(C)(CN)CC1CC1. The standard InChI is InChI=1S/C13H21BrN2S/c1-13(9-15,6-10-3-4-10)16(2)7-12-5-11(14)8-17-12/h5,8,10H,3-4,6-7,9,15H2,1-2H3. The van der Waals surface area contributed by atoms with Gasteiger partial charge in [-0.25, -0.2) is 0 Å². The van der Waals surface area contributed by atoms with Crippen LogP contribution in [0.15, 0.2) is 15.9 Å². The number of hydrogen-bond acceptors (Lipinski definition) is 3. The van der Waals surface area contributed by atoms with E-state index in [0.717, 1.165) is 19.0 Å². The van der Waals surface area contributed by atoms with Crippen LogP contribution in [0.1, 0.15) is 31.1 Å². The highest BCUT2D eigenvalue weighted by molar-refractivity contribution is 9.10. The maximum atomic E-state index is 6.00. The van der Waals surface area contributed by atoms with Crippen molar-refractivity contribution in [2.24, 2.45) is 11.7 Å². The van der Waals surface area contributed by atoms with Crippen LogP contribution in [0.4, 0.5) is 0 Å². The molecule has 4 heteroatoms. The van der Waals surface area contributed by atoms with Crippen molar-refractivity contribution < 1.29 is 0 Å². The van der Waals surface area contributed by atoms with Crippen LogP contribution in [0.2, 0.25) is 0 Å². The van der Waals surface area contributed by atoms with Crippen LogP contribution in [-0.2, 0) is 6.54 Å². The molecule has 1 aromatic heterocycles. The summed E-state index contributed by atoms with van der Waals surface area (Å²) in [7, 11) is 2.20. The summed E-state index contributed by atoms with van der Waals surface area (Å²) in [5, 5.41) is 2.14. The van der Waals surface area contributed by atoms with Gasteiger partial charge in [0.2, 0.25) is 0 Å². The average molecular weight is 317 g/mol. The topological polar surface area (TPSA) is 29.3 Å². The van der Waals surface area contributed by atoms with E-state index >= 15 is 0 Å². The summed E-state index contributed by atoms with van der Waals surface area (Å²) in [6, 6.07) is 2.20. The van der Waals surface area contributed by atoms with Crippen LogP contribution in [0.3, 0.4) is 0 Å². The van der Waals surface area contributed by atoms with E-state index in [4.69, 9.17) is 5.73 Å². The predicted molar refractivity (Wildman–Crippen MR) is 78.3 cm³/mol. The predicted octanol–water partition coefficient (Wildman–Crippen LogP) is 3.46. The molecule has 1 unspecified atom stereocenters. The summed E-state index contributed by atoms with van der Waals surface area (Å²) in [5.74, 6) is 0.918. The van der Waals surface area contributed by atoms with Gasteiger partial charge in [0.25, 0.3) is 0 Å². The zero-order valence-electron chi connectivity index (χ0n) is 10.6. The molecule has 2 rings (SSSR count). The summed E-state index contributed by atoms with van der Waals surface area (Å²) >= 11 is 5.32. The first-order valence-electron chi connectivity index (χ1n) is 6.18. The van der Waals surface area contributed by atoms with Crippen molar-refractivity contribution in [3.05, 3.63) is 20.8 Å². The van der Waals surface area contributed by atoms with Crippen LogP contribution < -0.4 is 5.73 Å². The first kappa shape index (κ1) is 13.5. The van der Waals surface area contributed by atoms with Gasteiger partial charge in [-0.15, -0.1) is 11.3 Å². The highest BCUT2D eigenvalue weighted by Crippen LogP contribution is 2.38. The number of hydrogen-bond donors (Lipinski definition) is 1. The van der Waals surface area contributed by atoms with E-state index in [1.165, 1.54) is 28.6 Å². The van der Waals surface area contributed by atoms with Crippen LogP contribution in [0.25, 0.3) is 0 Å². The first-order valence-corrected chi connectivity index (χ1v) is 7.85. The molecule has 0 aromatic carbocycles. The maximum Gasteiger partial charge on any atom is 0.0331 e. The van der Waals surface area contributed by atoms with Crippen molar-refractivity contribution in [1.82, 2.24) is 4.90 Å². The third-order valence-corrected chi connectivity index (χ3v) is 5.48. The van der Waals surface area contributed by atoms with Crippen molar-refractivity contribution >= 4 is 27.3 Å². The number of halogens is 1. The molecule has 1 saturated carbocycles. The van der Waals surface area contributed by atoms with E-state index in [0.29, 0.717) is 0 Å². The molecule has 1 aliphatic rings. The van der Waals surface area contributed by atoms with Gasteiger partial charge >= 0.3 is 0 Å². The fourth-order valence-corrected chi connectivity index (χ4v) is 3.70. The Bertz CT molecular complexity index is 375. The van der Waals surface area contributed by atoms with Crippen molar-refractivity contribution in [1.29, 1.82) is 0 Å². The van der Waals surface area contributed by atoms with Crippen LogP contribution >= 0.6 is 27.3 Å². The molecule has 0 aliphatic heterocycles. The molecule has 96 valence electrons. The summed E-state index contributed by atoms with van der Waals surface area (Å²) in [6.45, 7) is 4.04. The summed E-state index contributed by atoms with van der Waals surface area (Å²) in [6.07, 6.45) is 4.04. The molecule has 0 spiro atoms. The fraction of sp³-hybridized carbons (Fsp3) is 0.692. The molecule has 1 fully saturated rings. The minimum absolute atomic E-state index is 0.150. The van der Waals surface area contributed by atoms with Crippen LogP contribution in [0.5, 0.6) is 0 Å². The number of rotatable bonds is 6. The molecular formula is C13H21BrN2S. The van der Waals surface area contributed by atoms with Gasteiger partial charge in [-0.2, -0.15) is 0 Å². The highest BCUT2D eigenvalue weighted by atomic mass is 79.9. The van der Waals surface area contributed by atoms with Crippen molar-refractivity contribution in [3.8, 4) is 0 Å². The Kier molecular flexibility index (Phi) is 4.29. The van der Waals surface area contributed by atoms with Gasteiger partial charge in [0.1, 0.15) is 0 Å². The number of nitrogens with zero attached hydrogens (tertiary/aromatic N) is 1. The van der Waals surface area contributed by atoms with E-state index in [1.54, 1.807) is 0 Å². The van der Waals surface area contributed by atoms with Crippen molar-refractivity contribution in [3.63, 3.8) is 0 Å². The van der Waals surface area contributed by atoms with E-state index < -0.39 is 0 Å². The second-order valence-electron chi connectivity index (χ2n) is 5.44. The Hall–Kier alpha value is 0.1000. The van der Waals surface area contributed by atoms with Gasteiger partial charge in [0, 0.05) is 33.4 Å². The average Bonchev–Trinajstić information content (AvgIpc) is 3.01. The highest BCUT2D eigenvalue weighted by Gasteiger charge is 2.35. The lowest BCUT2D eigenvalue weighted by atomic mass is 9.93. The third kappa shape index (κ3) is 3.53. The summed E-state index contributed by atoms with van der Waals surface area (Å²) < 4.78 is 1.18. The molecule has 1 aliphatic carbocycles. The Morgan fingerprint density at radius 2 is 2.29 bits per heavy atom. The summed E-state index contributed by atoms with van der Waals surface area (Å²) in [4.78, 5) is 3.82.